The van der Waals surface area contributed by atoms with Crippen molar-refractivity contribution < 1.29 is 32.3 Å². The van der Waals surface area contributed by atoms with Crippen LogP contribution in [-0.2, 0) is 27.9 Å². The summed E-state index contributed by atoms with van der Waals surface area (Å²) in [4.78, 5) is 35.8. The van der Waals surface area contributed by atoms with Gasteiger partial charge in [0, 0.05) is 6.42 Å². The Morgan fingerprint density at radius 3 is 3.00 bits per heavy atom. The van der Waals surface area contributed by atoms with Crippen molar-refractivity contribution in [1.82, 2.24) is 14.6 Å². The smallest absolute Gasteiger partial charge is 0.406 e. The molecule has 0 radical (unpaired) electrons. The van der Waals surface area contributed by atoms with Gasteiger partial charge in [0.2, 0.25) is 5.82 Å². The number of carbonyl (C=O) groups excluding carboxylic acids is 1. The van der Waals surface area contributed by atoms with E-state index >= 15 is 0 Å². The molecule has 11 nitrogen and oxygen atoms in total. The van der Waals surface area contributed by atoms with Crippen LogP contribution in [0, 0.1) is 5.82 Å². The minimum Gasteiger partial charge on any atom is -0.468 e. The van der Waals surface area contributed by atoms with Crippen LogP contribution >= 0.6 is 7.75 Å². The van der Waals surface area contributed by atoms with Gasteiger partial charge in [0.05, 0.1) is 19.9 Å². The van der Waals surface area contributed by atoms with Gasteiger partial charge in [-0.05, 0) is 0 Å². The zero-order valence-electron chi connectivity index (χ0n) is 13.0. The number of halogens is 1. The van der Waals surface area contributed by atoms with Crippen LogP contribution in [0.4, 0.5) is 4.39 Å². The second-order valence-corrected chi connectivity index (χ2v) is 7.14. The van der Waals surface area contributed by atoms with Crippen molar-refractivity contribution in [1.29, 1.82) is 0 Å². The maximum Gasteiger partial charge on any atom is 0.406 e. The largest absolute Gasteiger partial charge is 0.468 e. The number of rotatable bonds is 4. The first-order chi connectivity index (χ1) is 11.8. The fraction of sp³-hybridized carbons (Fsp3) is 0.583. The van der Waals surface area contributed by atoms with Gasteiger partial charge in [0.1, 0.15) is 25.0 Å². The van der Waals surface area contributed by atoms with E-state index in [4.69, 9.17) is 13.8 Å². The lowest BCUT2D eigenvalue weighted by Crippen LogP contribution is -2.37. The average Bonchev–Trinajstić information content (AvgIpc) is 2.98. The predicted molar refractivity (Wildman–Crippen MR) is 78.3 cm³/mol. The zero-order chi connectivity index (χ0) is 18.2. The van der Waals surface area contributed by atoms with Crippen LogP contribution in [0.25, 0.3) is 0 Å². The van der Waals surface area contributed by atoms with E-state index in [1.165, 1.54) is 7.11 Å². The van der Waals surface area contributed by atoms with Gasteiger partial charge >= 0.3 is 19.4 Å². The molecule has 138 valence electrons. The molecule has 1 unspecified atom stereocenters. The monoisotopic (exact) mass is 379 g/mol. The molecule has 3 rings (SSSR count). The lowest BCUT2D eigenvalue weighted by molar-refractivity contribution is -0.139. The highest BCUT2D eigenvalue weighted by Crippen LogP contribution is 2.52. The van der Waals surface area contributed by atoms with Crippen LogP contribution in [0.1, 0.15) is 12.6 Å². The first-order valence-corrected chi connectivity index (χ1v) is 8.77. The van der Waals surface area contributed by atoms with Crippen LogP contribution < -0.4 is 16.3 Å². The Hall–Kier alpha value is -1.85. The number of nitrogens with zero attached hydrogens (tertiary/aromatic N) is 1. The highest BCUT2D eigenvalue weighted by atomic mass is 31.2. The molecule has 2 aliphatic rings. The third-order valence-electron chi connectivity index (χ3n) is 3.74. The molecule has 0 amide bonds. The Balaban J connectivity index is 1.71. The van der Waals surface area contributed by atoms with E-state index in [1.807, 2.05) is 4.98 Å². The van der Waals surface area contributed by atoms with E-state index in [1.54, 1.807) is 0 Å². The Labute approximate surface area is 139 Å². The third kappa shape index (κ3) is 3.72. The molecule has 2 saturated heterocycles. The molecular weight excluding hydrogens is 364 g/mol. The number of aromatic nitrogens is 2. The number of methoxy groups -OCH3 is 1. The minimum atomic E-state index is -3.75. The molecule has 0 saturated carbocycles. The first-order valence-electron chi connectivity index (χ1n) is 7.22. The van der Waals surface area contributed by atoms with Crippen LogP contribution in [0.3, 0.4) is 0 Å². The highest BCUT2D eigenvalue weighted by Gasteiger charge is 2.47. The molecule has 4 atom stereocenters. The highest BCUT2D eigenvalue weighted by molar-refractivity contribution is 7.51. The van der Waals surface area contributed by atoms with Crippen molar-refractivity contribution >= 4 is 13.7 Å². The summed E-state index contributed by atoms with van der Waals surface area (Å²) in [7, 11) is -2.57. The summed E-state index contributed by atoms with van der Waals surface area (Å²) >= 11 is 0. The summed E-state index contributed by atoms with van der Waals surface area (Å²) in [5.41, 5.74) is -1.98. The molecule has 2 N–H and O–H groups in total. The summed E-state index contributed by atoms with van der Waals surface area (Å²) in [6.07, 6.45) is -1.47. The molecule has 0 bridgehead atoms. The summed E-state index contributed by atoms with van der Waals surface area (Å²) in [6, 6.07) is 0. The molecule has 1 aromatic rings. The lowest BCUT2D eigenvalue weighted by Gasteiger charge is -2.30. The molecule has 2 fully saturated rings. The van der Waals surface area contributed by atoms with E-state index in [0.29, 0.717) is 0 Å². The normalized spacial score (nSPS) is 31.5. The molecule has 2 aliphatic heterocycles. The molecule has 0 aromatic carbocycles. The summed E-state index contributed by atoms with van der Waals surface area (Å²) in [5, 5.41) is 2.35. The Kier molecular flexibility index (Phi) is 4.89. The van der Waals surface area contributed by atoms with Crippen LogP contribution in [0.15, 0.2) is 15.8 Å². The molecule has 0 spiro atoms. The summed E-state index contributed by atoms with van der Waals surface area (Å²) in [6.45, 7) is -0.493. The SMILES string of the molecule is COC(=O)CNP1(=O)OC[C@H]2O[C@@H](n3cc(F)c(=O)[nH]c3=O)C[C@@H]2O1. The Morgan fingerprint density at radius 2 is 2.28 bits per heavy atom. The quantitative estimate of drug-likeness (QED) is 0.511. The van der Waals surface area contributed by atoms with Crippen molar-refractivity contribution in [2.24, 2.45) is 0 Å². The van der Waals surface area contributed by atoms with Crippen molar-refractivity contribution in [2.45, 2.75) is 24.9 Å². The van der Waals surface area contributed by atoms with Gasteiger partial charge in [-0.25, -0.2) is 14.4 Å². The minimum absolute atomic E-state index is 0.0727. The van der Waals surface area contributed by atoms with Gasteiger partial charge in [0.15, 0.2) is 0 Å². The second-order valence-electron chi connectivity index (χ2n) is 5.36. The van der Waals surface area contributed by atoms with Gasteiger partial charge in [-0.1, -0.05) is 0 Å². The van der Waals surface area contributed by atoms with E-state index in [9.17, 15) is 23.3 Å². The number of fused-ring (bicyclic) bond motifs is 1. The number of aromatic amines is 1. The van der Waals surface area contributed by atoms with Gasteiger partial charge < -0.3 is 9.47 Å². The number of ether oxygens (including phenoxy) is 2. The average molecular weight is 379 g/mol. The topological polar surface area (TPSA) is 138 Å². The van der Waals surface area contributed by atoms with Gasteiger partial charge in [-0.15, -0.1) is 0 Å². The van der Waals surface area contributed by atoms with E-state index in [0.717, 1.165) is 10.8 Å². The van der Waals surface area contributed by atoms with Crippen molar-refractivity contribution in [3.8, 4) is 0 Å². The third-order valence-corrected chi connectivity index (χ3v) is 5.33. The molecule has 0 aliphatic carbocycles. The summed E-state index contributed by atoms with van der Waals surface area (Å²) in [5.74, 6) is -1.79. The maximum atomic E-state index is 13.4. The number of carbonyl (C=O) groups is 1. The lowest BCUT2D eigenvalue weighted by atomic mass is 10.2. The molecule has 3 heterocycles. The van der Waals surface area contributed by atoms with Crippen molar-refractivity contribution in [3.63, 3.8) is 0 Å². The van der Waals surface area contributed by atoms with Crippen molar-refractivity contribution in [2.75, 3.05) is 20.3 Å². The van der Waals surface area contributed by atoms with E-state index in [-0.39, 0.29) is 19.6 Å². The Morgan fingerprint density at radius 1 is 1.52 bits per heavy atom. The molecule has 1 aromatic heterocycles. The van der Waals surface area contributed by atoms with Crippen molar-refractivity contribution in [3.05, 3.63) is 32.9 Å². The van der Waals surface area contributed by atoms with Crippen LogP contribution in [0.2, 0.25) is 0 Å². The number of nitrogens with one attached hydrogen (secondary N) is 2. The van der Waals surface area contributed by atoms with Crippen LogP contribution in [0.5, 0.6) is 0 Å². The number of H-pyrrole nitrogens is 1. The molecule has 25 heavy (non-hydrogen) atoms. The summed E-state index contributed by atoms with van der Waals surface area (Å²) < 4.78 is 47.1. The molecular formula is C12H15FN3O8P. The van der Waals surface area contributed by atoms with E-state index in [2.05, 4.69) is 9.82 Å². The Bertz CT molecular complexity index is 838. The molecule has 13 heteroatoms. The number of hydrogen-bond donors (Lipinski definition) is 2. The van der Waals surface area contributed by atoms with Gasteiger partial charge in [-0.3, -0.25) is 28.2 Å². The standard InChI is InChI=1S/C12H15FN3O8P/c1-21-10(17)3-14-25(20)22-5-8-7(24-25)2-9(23-8)16-4-6(13)11(18)15-12(16)19/h4,7-9H,2-3,5H2,1H3,(H,14,20)(H,15,18,19)/t7-,8+,9+,25?/m0/s1. The zero-order valence-corrected chi connectivity index (χ0v) is 13.9. The van der Waals surface area contributed by atoms with Crippen LogP contribution in [-0.4, -0.2) is 48.0 Å². The van der Waals surface area contributed by atoms with Gasteiger partial charge in [-0.2, -0.15) is 4.39 Å². The maximum absolute atomic E-state index is 13.4. The van der Waals surface area contributed by atoms with Gasteiger partial charge in [0.25, 0.3) is 5.56 Å². The fourth-order valence-electron chi connectivity index (χ4n) is 2.50. The second kappa shape index (κ2) is 6.81. The first kappa shape index (κ1) is 18.0. The predicted octanol–water partition coefficient (Wildman–Crippen LogP) is -0.751. The number of hydrogen-bond acceptors (Lipinski definition) is 8. The number of esters is 1. The van der Waals surface area contributed by atoms with E-state index < -0.39 is 49.2 Å². The fourth-order valence-corrected chi connectivity index (χ4v) is 3.97.